The number of piperidine rings is 3. The van der Waals surface area contributed by atoms with Gasteiger partial charge in [0.2, 0.25) is 0 Å². The molecule has 3 aliphatic rings. The highest BCUT2D eigenvalue weighted by Crippen LogP contribution is 2.29. The van der Waals surface area contributed by atoms with Crippen LogP contribution in [0.2, 0.25) is 0 Å². The first-order chi connectivity index (χ1) is 12.3. The highest BCUT2D eigenvalue weighted by molar-refractivity contribution is 9.10. The summed E-state index contributed by atoms with van der Waals surface area (Å²) in [6.07, 6.45) is -2.32. The van der Waals surface area contributed by atoms with E-state index >= 15 is 0 Å². The number of fused-ring (bicyclic) bond motifs is 4. The molecule has 0 aliphatic carbocycles. The summed E-state index contributed by atoms with van der Waals surface area (Å²) in [6.45, 7) is 1.67. The number of aromatic nitrogens is 2. The second-order valence-electron chi connectivity index (χ2n) is 7.00. The zero-order valence-corrected chi connectivity index (χ0v) is 15.5. The van der Waals surface area contributed by atoms with E-state index in [2.05, 4.69) is 31.2 Å². The molecular weight excluding hydrogens is 413 g/mol. The summed E-state index contributed by atoms with van der Waals surface area (Å²) >= 11 is 3.31. The summed E-state index contributed by atoms with van der Waals surface area (Å²) < 4.78 is 40.1. The molecule has 0 saturated carbocycles. The van der Waals surface area contributed by atoms with Crippen LogP contribution in [0.3, 0.4) is 0 Å². The number of amides is 1. The van der Waals surface area contributed by atoms with Crippen LogP contribution in [0.1, 0.15) is 23.3 Å². The van der Waals surface area contributed by atoms with Gasteiger partial charge in [-0.2, -0.15) is 18.3 Å². The van der Waals surface area contributed by atoms with Gasteiger partial charge in [0, 0.05) is 22.4 Å². The molecule has 1 amide bonds. The van der Waals surface area contributed by atoms with Crippen molar-refractivity contribution in [2.24, 2.45) is 5.92 Å². The number of nitrogens with one attached hydrogen (secondary N) is 1. The van der Waals surface area contributed by atoms with E-state index in [1.54, 1.807) is 18.2 Å². The van der Waals surface area contributed by atoms with Crippen LogP contribution in [-0.4, -0.2) is 52.4 Å². The first-order valence-electron chi connectivity index (χ1n) is 8.56. The fraction of sp³-hybridized carbons (Fsp3) is 0.529. The molecule has 2 aromatic rings. The lowest BCUT2D eigenvalue weighted by Crippen LogP contribution is -2.57. The predicted octanol–water partition coefficient (Wildman–Crippen LogP) is 3.19. The van der Waals surface area contributed by atoms with Crippen LogP contribution >= 0.6 is 15.9 Å². The summed E-state index contributed by atoms with van der Waals surface area (Å²) in [5.41, 5.74) is 0.339. The number of nitrogens with zero attached hydrogens (tertiary/aromatic N) is 3. The Hall–Kier alpha value is -1.61. The highest BCUT2D eigenvalue weighted by Gasteiger charge is 2.36. The lowest BCUT2D eigenvalue weighted by atomic mass is 9.84. The Labute approximate surface area is 156 Å². The van der Waals surface area contributed by atoms with Crippen molar-refractivity contribution >= 4 is 32.7 Å². The summed E-state index contributed by atoms with van der Waals surface area (Å²) in [6, 6.07) is 4.86. The van der Waals surface area contributed by atoms with Crippen molar-refractivity contribution < 1.29 is 18.0 Å². The van der Waals surface area contributed by atoms with Crippen molar-refractivity contribution in [1.29, 1.82) is 0 Å². The SMILES string of the molecule is O=C(NC1CN2CCC1CC2)c1nn(CC(F)(F)F)c2ccc(Br)cc12. The minimum absolute atomic E-state index is 0.0277. The van der Waals surface area contributed by atoms with Crippen LogP contribution in [0, 0.1) is 5.92 Å². The van der Waals surface area contributed by atoms with Gasteiger partial charge in [0.25, 0.3) is 5.91 Å². The van der Waals surface area contributed by atoms with Crippen LogP contribution in [0.4, 0.5) is 13.2 Å². The summed E-state index contributed by atoms with van der Waals surface area (Å²) in [7, 11) is 0. The average molecular weight is 431 g/mol. The molecular formula is C17H18BrF3N4O. The Kier molecular flexibility index (Phi) is 4.46. The lowest BCUT2D eigenvalue weighted by molar-refractivity contribution is -0.141. The van der Waals surface area contributed by atoms with Crippen molar-refractivity contribution in [1.82, 2.24) is 20.0 Å². The normalized spacial score (nSPS) is 25.6. The van der Waals surface area contributed by atoms with E-state index in [9.17, 15) is 18.0 Å². The van der Waals surface area contributed by atoms with Gasteiger partial charge in [-0.15, -0.1) is 0 Å². The van der Waals surface area contributed by atoms with Gasteiger partial charge in [0.05, 0.1) is 5.52 Å². The number of rotatable bonds is 3. The van der Waals surface area contributed by atoms with Gasteiger partial charge < -0.3 is 10.2 Å². The van der Waals surface area contributed by atoms with Gasteiger partial charge in [-0.05, 0) is 50.0 Å². The van der Waals surface area contributed by atoms with Crippen molar-refractivity contribution in [2.75, 3.05) is 19.6 Å². The Morgan fingerprint density at radius 1 is 1.31 bits per heavy atom. The summed E-state index contributed by atoms with van der Waals surface area (Å²) in [4.78, 5) is 15.1. The second kappa shape index (κ2) is 6.53. The maximum atomic E-state index is 12.9. The van der Waals surface area contributed by atoms with Crippen LogP contribution in [0.5, 0.6) is 0 Å². The number of carbonyl (C=O) groups excluding carboxylic acids is 1. The number of benzene rings is 1. The molecule has 3 aliphatic heterocycles. The molecule has 5 nitrogen and oxygen atoms in total. The van der Waals surface area contributed by atoms with Gasteiger partial charge in [0.15, 0.2) is 5.69 Å². The number of alkyl halides is 3. The molecule has 9 heteroatoms. The van der Waals surface area contributed by atoms with Crippen LogP contribution in [-0.2, 0) is 6.54 Å². The third-order valence-electron chi connectivity index (χ3n) is 5.23. The summed E-state index contributed by atoms with van der Waals surface area (Å²) in [5.74, 6) is 0.0204. The topological polar surface area (TPSA) is 50.2 Å². The minimum atomic E-state index is -4.41. The predicted molar refractivity (Wildman–Crippen MR) is 93.9 cm³/mol. The van der Waals surface area contributed by atoms with Crippen molar-refractivity contribution in [3.8, 4) is 0 Å². The Morgan fingerprint density at radius 2 is 2.04 bits per heavy atom. The van der Waals surface area contributed by atoms with E-state index in [-0.39, 0.29) is 11.7 Å². The van der Waals surface area contributed by atoms with Crippen molar-refractivity contribution in [3.63, 3.8) is 0 Å². The number of carbonyl (C=O) groups is 1. The van der Waals surface area contributed by atoms with Gasteiger partial charge in [-0.25, -0.2) is 0 Å². The molecule has 26 heavy (non-hydrogen) atoms. The number of hydrogen-bond acceptors (Lipinski definition) is 3. The van der Waals surface area contributed by atoms with E-state index in [4.69, 9.17) is 0 Å². The van der Waals surface area contributed by atoms with E-state index in [0.717, 1.165) is 37.2 Å². The first kappa shape index (κ1) is 17.8. The monoisotopic (exact) mass is 430 g/mol. The third kappa shape index (κ3) is 3.46. The molecule has 1 N–H and O–H groups in total. The van der Waals surface area contributed by atoms with Gasteiger partial charge in [-0.1, -0.05) is 15.9 Å². The fourth-order valence-electron chi connectivity index (χ4n) is 3.97. The van der Waals surface area contributed by atoms with Crippen molar-refractivity contribution in [3.05, 3.63) is 28.4 Å². The van der Waals surface area contributed by atoms with Crippen LogP contribution in [0.15, 0.2) is 22.7 Å². The van der Waals surface area contributed by atoms with E-state index in [0.29, 0.717) is 21.3 Å². The first-order valence-corrected chi connectivity index (χ1v) is 9.35. The van der Waals surface area contributed by atoms with E-state index < -0.39 is 18.6 Å². The van der Waals surface area contributed by atoms with Crippen LogP contribution < -0.4 is 5.32 Å². The smallest absolute Gasteiger partial charge is 0.346 e. The zero-order chi connectivity index (χ0) is 18.5. The molecule has 1 unspecified atom stereocenters. The Balaban J connectivity index is 1.64. The summed E-state index contributed by atoms with van der Waals surface area (Å²) in [5, 5.41) is 7.41. The van der Waals surface area contributed by atoms with Gasteiger partial charge >= 0.3 is 6.18 Å². The largest absolute Gasteiger partial charge is 0.408 e. The average Bonchev–Trinajstić information content (AvgIpc) is 2.92. The molecule has 140 valence electrons. The molecule has 0 radical (unpaired) electrons. The molecule has 1 aromatic carbocycles. The standard InChI is InChI=1S/C17H18BrF3N4O/c18-11-1-2-14-12(7-11)15(23-25(14)9-17(19,20)21)16(26)22-13-8-24-5-3-10(13)4-6-24/h1-2,7,10,13H,3-6,8-9H2,(H,22,26). The molecule has 3 fully saturated rings. The molecule has 2 bridgehead atoms. The minimum Gasteiger partial charge on any atom is -0.346 e. The van der Waals surface area contributed by atoms with Gasteiger partial charge in [0.1, 0.15) is 6.54 Å². The Morgan fingerprint density at radius 3 is 2.65 bits per heavy atom. The number of halogens is 4. The molecule has 1 aromatic heterocycles. The van der Waals surface area contributed by atoms with Crippen LogP contribution in [0.25, 0.3) is 10.9 Å². The molecule has 1 atom stereocenters. The molecule has 5 rings (SSSR count). The van der Waals surface area contributed by atoms with E-state index in [1.165, 1.54) is 0 Å². The van der Waals surface area contributed by atoms with Crippen molar-refractivity contribution in [2.45, 2.75) is 31.6 Å². The lowest BCUT2D eigenvalue weighted by Gasteiger charge is -2.44. The number of hydrogen-bond donors (Lipinski definition) is 1. The molecule has 0 spiro atoms. The Bertz CT molecular complexity index is 842. The maximum absolute atomic E-state index is 12.9. The quantitative estimate of drug-likeness (QED) is 0.813. The second-order valence-corrected chi connectivity index (χ2v) is 7.92. The molecule has 3 saturated heterocycles. The third-order valence-corrected chi connectivity index (χ3v) is 5.72. The zero-order valence-electron chi connectivity index (χ0n) is 13.9. The maximum Gasteiger partial charge on any atom is 0.408 e. The fourth-order valence-corrected chi connectivity index (χ4v) is 4.34. The molecule has 4 heterocycles. The van der Waals surface area contributed by atoms with E-state index in [1.807, 2.05) is 0 Å². The highest BCUT2D eigenvalue weighted by atomic mass is 79.9. The van der Waals surface area contributed by atoms with Gasteiger partial charge in [-0.3, -0.25) is 9.48 Å².